The van der Waals surface area contributed by atoms with Crippen molar-refractivity contribution in [1.82, 2.24) is 14.7 Å². The molecule has 3 aromatic carbocycles. The fourth-order valence-corrected chi connectivity index (χ4v) is 7.20. The quantitative estimate of drug-likeness (QED) is 0.291. The van der Waals surface area contributed by atoms with Crippen LogP contribution in [-0.2, 0) is 14.3 Å². The van der Waals surface area contributed by atoms with Crippen molar-refractivity contribution in [2.45, 2.75) is 45.2 Å². The molecule has 42 heavy (non-hydrogen) atoms. The second-order valence-electron chi connectivity index (χ2n) is 11.3. The number of morpholine rings is 1. The highest BCUT2D eigenvalue weighted by atomic mass is 32.2. The highest BCUT2D eigenvalue weighted by Gasteiger charge is 2.39. The van der Waals surface area contributed by atoms with Gasteiger partial charge in [0.05, 0.1) is 34.6 Å². The van der Waals surface area contributed by atoms with Crippen LogP contribution in [0.25, 0.3) is 16.9 Å². The summed E-state index contributed by atoms with van der Waals surface area (Å²) in [5.74, 6) is 0.716. The number of aryl methyl sites for hydroxylation is 2. The minimum Gasteiger partial charge on any atom is -0.372 e. The van der Waals surface area contributed by atoms with Crippen LogP contribution >= 0.6 is 11.8 Å². The summed E-state index contributed by atoms with van der Waals surface area (Å²) >= 11 is 1.60. The average molecular weight is 581 g/mol. The lowest BCUT2D eigenvalue weighted by molar-refractivity contribution is -0.142. The third-order valence-electron chi connectivity index (χ3n) is 7.89. The molecule has 3 unspecified atom stereocenters. The van der Waals surface area contributed by atoms with E-state index in [0.717, 1.165) is 39.2 Å². The lowest BCUT2D eigenvalue weighted by atomic mass is 9.98. The predicted octanol–water partition coefficient (Wildman–Crippen LogP) is 5.96. The van der Waals surface area contributed by atoms with E-state index in [1.54, 1.807) is 16.7 Å². The van der Waals surface area contributed by atoms with Gasteiger partial charge in [0.1, 0.15) is 12.4 Å². The van der Waals surface area contributed by atoms with Gasteiger partial charge in [-0.05, 0) is 44.9 Å². The first-order chi connectivity index (χ1) is 20.3. The normalized spacial score (nSPS) is 20.8. The molecule has 0 spiro atoms. The standard InChI is InChI=1S/C34H36N4O3S/c1-22-11-10-15-27(17-22)33-31-32(26-13-6-5-7-14-26)35-38(28-16-9-8-12-23(28)2)34(31)37(30(40)21-42-33)20-29(39)36-18-24(3)41-25(4)19-36/h5-17,24-25,33H,18-21H2,1-4H3. The third kappa shape index (κ3) is 5.49. The van der Waals surface area contributed by atoms with Gasteiger partial charge < -0.3 is 9.64 Å². The molecule has 0 bridgehead atoms. The predicted molar refractivity (Wildman–Crippen MR) is 168 cm³/mol. The minimum atomic E-state index is -0.152. The minimum absolute atomic E-state index is 0.0574. The largest absolute Gasteiger partial charge is 0.372 e. The summed E-state index contributed by atoms with van der Waals surface area (Å²) in [5, 5.41) is 5.07. The number of rotatable bonds is 5. The molecule has 0 N–H and O–H groups in total. The third-order valence-corrected chi connectivity index (χ3v) is 9.15. The fourth-order valence-electron chi connectivity index (χ4n) is 6.01. The van der Waals surface area contributed by atoms with Crippen LogP contribution in [0, 0.1) is 13.8 Å². The number of hydrogen-bond donors (Lipinski definition) is 0. The Balaban J connectivity index is 1.57. The first-order valence-electron chi connectivity index (χ1n) is 14.5. The molecule has 2 amide bonds. The van der Waals surface area contributed by atoms with E-state index in [-0.39, 0.29) is 41.6 Å². The number of thioether (sulfide) groups is 1. The number of amides is 2. The Morgan fingerprint density at radius 3 is 2.38 bits per heavy atom. The van der Waals surface area contributed by atoms with Crippen LogP contribution in [0.5, 0.6) is 0 Å². The van der Waals surface area contributed by atoms with Crippen molar-refractivity contribution in [1.29, 1.82) is 0 Å². The van der Waals surface area contributed by atoms with Crippen LogP contribution in [0.2, 0.25) is 0 Å². The number of benzene rings is 3. The van der Waals surface area contributed by atoms with E-state index in [9.17, 15) is 9.59 Å². The van der Waals surface area contributed by atoms with Crippen molar-refractivity contribution in [2.75, 3.05) is 30.3 Å². The van der Waals surface area contributed by atoms with E-state index in [1.807, 2.05) is 72.8 Å². The van der Waals surface area contributed by atoms with Gasteiger partial charge in [-0.1, -0.05) is 78.4 Å². The Bertz CT molecular complexity index is 1610. The molecule has 1 aromatic heterocycles. The number of para-hydroxylation sites is 1. The van der Waals surface area contributed by atoms with Gasteiger partial charge in [0.25, 0.3) is 0 Å². The van der Waals surface area contributed by atoms with Crippen LogP contribution in [0.15, 0.2) is 78.9 Å². The maximum atomic E-state index is 14.1. The zero-order chi connectivity index (χ0) is 29.4. The number of nitrogens with zero attached hydrogens (tertiary/aromatic N) is 4. The summed E-state index contributed by atoms with van der Waals surface area (Å²) in [6, 6.07) is 26.6. The van der Waals surface area contributed by atoms with Crippen LogP contribution in [0.4, 0.5) is 5.82 Å². The van der Waals surface area contributed by atoms with Crippen LogP contribution in [0.1, 0.15) is 41.4 Å². The average Bonchev–Trinajstić information content (AvgIpc) is 3.29. The Labute approximate surface area is 251 Å². The van der Waals surface area contributed by atoms with Gasteiger partial charge >= 0.3 is 0 Å². The highest BCUT2D eigenvalue weighted by molar-refractivity contribution is 8.00. The first-order valence-corrected chi connectivity index (χ1v) is 15.5. The number of fused-ring (bicyclic) bond motifs is 1. The molecule has 4 aromatic rings. The first kappa shape index (κ1) is 28.2. The van der Waals surface area contributed by atoms with E-state index in [4.69, 9.17) is 9.84 Å². The van der Waals surface area contributed by atoms with Crippen LogP contribution in [-0.4, -0.2) is 64.1 Å². The number of carbonyl (C=O) groups excluding carboxylic acids is 2. The number of aromatic nitrogens is 2. The molecule has 1 saturated heterocycles. The Morgan fingerprint density at radius 1 is 0.952 bits per heavy atom. The molecule has 3 heterocycles. The van der Waals surface area contributed by atoms with Gasteiger partial charge in [0.2, 0.25) is 11.8 Å². The van der Waals surface area contributed by atoms with E-state index < -0.39 is 0 Å². The molecule has 2 aliphatic heterocycles. The number of ether oxygens (including phenoxy) is 1. The molecule has 1 fully saturated rings. The van der Waals surface area contributed by atoms with Crippen molar-refractivity contribution in [3.8, 4) is 16.9 Å². The maximum Gasteiger partial charge on any atom is 0.242 e. The topological polar surface area (TPSA) is 67.7 Å². The van der Waals surface area contributed by atoms with Gasteiger partial charge in [0, 0.05) is 24.2 Å². The highest BCUT2D eigenvalue weighted by Crippen LogP contribution is 2.48. The Hall–Kier alpha value is -3.88. The smallest absolute Gasteiger partial charge is 0.242 e. The molecular formula is C34H36N4O3S. The second kappa shape index (κ2) is 11.8. The Morgan fingerprint density at radius 2 is 1.67 bits per heavy atom. The van der Waals surface area contributed by atoms with Gasteiger partial charge in [-0.15, -0.1) is 11.8 Å². The summed E-state index contributed by atoms with van der Waals surface area (Å²) in [6.07, 6.45) is -0.118. The summed E-state index contributed by atoms with van der Waals surface area (Å²) in [7, 11) is 0. The monoisotopic (exact) mass is 580 g/mol. The van der Waals surface area contributed by atoms with Crippen LogP contribution < -0.4 is 4.90 Å². The lowest BCUT2D eigenvalue weighted by Crippen LogP contribution is -2.52. The molecule has 2 aliphatic rings. The molecule has 216 valence electrons. The van der Waals surface area contributed by atoms with Gasteiger partial charge in [-0.25, -0.2) is 4.68 Å². The molecule has 0 radical (unpaired) electrons. The van der Waals surface area contributed by atoms with Crippen LogP contribution in [0.3, 0.4) is 0 Å². The molecule has 8 heteroatoms. The van der Waals surface area contributed by atoms with E-state index in [0.29, 0.717) is 18.9 Å². The zero-order valence-electron chi connectivity index (χ0n) is 24.5. The second-order valence-corrected chi connectivity index (χ2v) is 12.4. The van der Waals surface area contributed by atoms with E-state index in [1.165, 1.54) is 0 Å². The van der Waals surface area contributed by atoms with Crippen molar-refractivity contribution in [2.24, 2.45) is 0 Å². The summed E-state index contributed by atoms with van der Waals surface area (Å²) in [5.41, 5.74) is 6.90. The Kier molecular flexibility index (Phi) is 7.92. The molecule has 6 rings (SSSR count). The lowest BCUT2D eigenvalue weighted by Gasteiger charge is -2.36. The maximum absolute atomic E-state index is 14.1. The summed E-state index contributed by atoms with van der Waals surface area (Å²) < 4.78 is 7.76. The zero-order valence-corrected chi connectivity index (χ0v) is 25.3. The SMILES string of the molecule is Cc1cccc(C2SCC(=O)N(CC(=O)N3CC(C)OC(C)C3)c3c2c(-c2ccccc2)nn3-c2ccccc2C)c1. The molecule has 3 atom stereocenters. The molecule has 7 nitrogen and oxygen atoms in total. The van der Waals surface area contributed by atoms with E-state index >= 15 is 0 Å². The van der Waals surface area contributed by atoms with Crippen molar-refractivity contribution in [3.05, 3.63) is 101 Å². The fraction of sp³-hybridized carbons (Fsp3) is 0.324. The van der Waals surface area contributed by atoms with Gasteiger partial charge in [0.15, 0.2) is 0 Å². The number of anilines is 1. The summed E-state index contributed by atoms with van der Waals surface area (Å²) in [6.45, 7) is 9.04. The van der Waals surface area contributed by atoms with Crippen molar-refractivity contribution >= 4 is 29.4 Å². The van der Waals surface area contributed by atoms with Gasteiger partial charge in [-0.3, -0.25) is 14.5 Å². The van der Waals surface area contributed by atoms with Crippen molar-refractivity contribution in [3.63, 3.8) is 0 Å². The molecule has 0 aliphatic carbocycles. The molecule has 0 saturated carbocycles. The van der Waals surface area contributed by atoms with Crippen molar-refractivity contribution < 1.29 is 14.3 Å². The molecular weight excluding hydrogens is 544 g/mol. The number of carbonyl (C=O) groups is 2. The van der Waals surface area contributed by atoms with E-state index in [2.05, 4.69) is 43.3 Å². The number of hydrogen-bond acceptors (Lipinski definition) is 5. The van der Waals surface area contributed by atoms with Gasteiger partial charge in [-0.2, -0.15) is 5.10 Å². The summed E-state index contributed by atoms with van der Waals surface area (Å²) in [4.78, 5) is 31.4.